The summed E-state index contributed by atoms with van der Waals surface area (Å²) in [5.41, 5.74) is 2.80. The number of hydrogen-bond acceptors (Lipinski definition) is 0. The van der Waals surface area contributed by atoms with Gasteiger partial charge in [-0.25, -0.2) is 0 Å². The van der Waals surface area contributed by atoms with Crippen molar-refractivity contribution in [2.75, 3.05) is 0 Å². The summed E-state index contributed by atoms with van der Waals surface area (Å²) in [7, 11) is 0. The minimum Gasteiger partial charge on any atom is -0.358 e. The van der Waals surface area contributed by atoms with Crippen LogP contribution >= 0.6 is 0 Å². The van der Waals surface area contributed by atoms with E-state index in [1.54, 1.807) is 0 Å². The molecule has 0 aliphatic heterocycles. The maximum Gasteiger partial charge on any atom is 0.0456 e. The lowest BCUT2D eigenvalue weighted by atomic mass is 9.76. The quantitative estimate of drug-likeness (QED) is 0.683. The summed E-state index contributed by atoms with van der Waals surface area (Å²) in [6, 6.07) is 11.1. The summed E-state index contributed by atoms with van der Waals surface area (Å²) in [6.07, 6.45) is 11.2. The first-order valence-electron chi connectivity index (χ1n) is 8.46. The van der Waals surface area contributed by atoms with Crippen molar-refractivity contribution < 1.29 is 0 Å². The number of unbranched alkanes of at least 4 members (excludes halogenated alkanes) is 1. The number of fused-ring (bicyclic) bond motifs is 1. The molecule has 1 unspecified atom stereocenters. The summed E-state index contributed by atoms with van der Waals surface area (Å²) in [6.45, 7) is 2.31. The fourth-order valence-corrected chi connectivity index (χ4v) is 3.90. The van der Waals surface area contributed by atoms with Gasteiger partial charge < -0.3 is 4.98 Å². The zero-order valence-corrected chi connectivity index (χ0v) is 12.7. The SMILES string of the molecule is CCCCC(c1cc2ccccc2[nH]1)C1CCCCC1. The van der Waals surface area contributed by atoms with E-state index in [2.05, 4.69) is 42.2 Å². The first kappa shape index (κ1) is 13.7. The highest BCUT2D eigenvalue weighted by Crippen LogP contribution is 2.39. The van der Waals surface area contributed by atoms with Crippen molar-refractivity contribution in [2.24, 2.45) is 5.92 Å². The van der Waals surface area contributed by atoms with E-state index >= 15 is 0 Å². The third-order valence-corrected chi connectivity index (χ3v) is 5.04. The standard InChI is InChI=1S/C19H27N/c1-2-3-12-17(15-9-5-4-6-10-15)19-14-16-11-7-8-13-18(16)20-19/h7-8,11,13-15,17,20H,2-6,9-10,12H2,1H3. The van der Waals surface area contributed by atoms with Crippen molar-refractivity contribution in [2.45, 2.75) is 64.2 Å². The van der Waals surface area contributed by atoms with E-state index in [9.17, 15) is 0 Å². The second-order valence-electron chi connectivity index (χ2n) is 6.46. The summed E-state index contributed by atoms with van der Waals surface area (Å²) in [5, 5.41) is 1.37. The molecule has 1 aromatic heterocycles. The van der Waals surface area contributed by atoms with Crippen LogP contribution in [0.5, 0.6) is 0 Å². The number of nitrogens with one attached hydrogen (secondary N) is 1. The molecular weight excluding hydrogens is 242 g/mol. The molecule has 0 amide bonds. The lowest BCUT2D eigenvalue weighted by Crippen LogP contribution is -2.16. The van der Waals surface area contributed by atoms with Gasteiger partial charge in [-0.15, -0.1) is 0 Å². The summed E-state index contributed by atoms with van der Waals surface area (Å²) in [5.74, 6) is 1.66. The van der Waals surface area contributed by atoms with Crippen LogP contribution in [0.4, 0.5) is 0 Å². The summed E-state index contributed by atoms with van der Waals surface area (Å²) >= 11 is 0. The number of H-pyrrole nitrogens is 1. The molecule has 1 saturated carbocycles. The Morgan fingerprint density at radius 3 is 2.70 bits per heavy atom. The predicted octanol–water partition coefficient (Wildman–Crippen LogP) is 6.02. The molecule has 0 bridgehead atoms. The van der Waals surface area contributed by atoms with Crippen LogP contribution in [0.15, 0.2) is 30.3 Å². The Kier molecular flexibility index (Phi) is 4.44. The van der Waals surface area contributed by atoms with Crippen molar-refractivity contribution in [1.29, 1.82) is 0 Å². The van der Waals surface area contributed by atoms with Crippen molar-refractivity contribution in [3.05, 3.63) is 36.0 Å². The minimum absolute atomic E-state index is 0.752. The van der Waals surface area contributed by atoms with Crippen molar-refractivity contribution in [3.63, 3.8) is 0 Å². The van der Waals surface area contributed by atoms with Crippen LogP contribution in [0.25, 0.3) is 10.9 Å². The van der Waals surface area contributed by atoms with Gasteiger partial charge in [-0.3, -0.25) is 0 Å². The topological polar surface area (TPSA) is 15.8 Å². The third kappa shape index (κ3) is 2.92. The summed E-state index contributed by atoms with van der Waals surface area (Å²) in [4.78, 5) is 3.70. The maximum absolute atomic E-state index is 3.70. The van der Waals surface area contributed by atoms with Crippen molar-refractivity contribution in [3.8, 4) is 0 Å². The van der Waals surface area contributed by atoms with E-state index in [4.69, 9.17) is 0 Å². The van der Waals surface area contributed by atoms with E-state index in [1.165, 1.54) is 68.0 Å². The fraction of sp³-hybridized carbons (Fsp3) is 0.579. The Morgan fingerprint density at radius 1 is 1.15 bits per heavy atom. The largest absolute Gasteiger partial charge is 0.358 e. The maximum atomic E-state index is 3.70. The average molecular weight is 269 g/mol. The lowest BCUT2D eigenvalue weighted by molar-refractivity contribution is 0.287. The number of aromatic nitrogens is 1. The first-order valence-corrected chi connectivity index (χ1v) is 8.46. The van der Waals surface area contributed by atoms with Crippen LogP contribution < -0.4 is 0 Å². The Hall–Kier alpha value is -1.24. The molecule has 3 rings (SSSR count). The molecule has 1 N–H and O–H groups in total. The zero-order chi connectivity index (χ0) is 13.8. The van der Waals surface area contributed by atoms with Gasteiger partial charge in [0, 0.05) is 17.1 Å². The summed E-state index contributed by atoms with van der Waals surface area (Å²) < 4.78 is 0. The van der Waals surface area contributed by atoms with E-state index < -0.39 is 0 Å². The smallest absolute Gasteiger partial charge is 0.0456 e. The molecule has 108 valence electrons. The fourth-order valence-electron chi connectivity index (χ4n) is 3.90. The van der Waals surface area contributed by atoms with E-state index in [-0.39, 0.29) is 0 Å². The van der Waals surface area contributed by atoms with Crippen molar-refractivity contribution in [1.82, 2.24) is 4.98 Å². The molecule has 1 aliphatic carbocycles. The second-order valence-corrected chi connectivity index (χ2v) is 6.46. The monoisotopic (exact) mass is 269 g/mol. The Bertz CT molecular complexity index is 500. The molecule has 1 fully saturated rings. The molecule has 2 aromatic rings. The number of rotatable bonds is 5. The Labute approximate surface area is 122 Å². The highest BCUT2D eigenvalue weighted by Gasteiger charge is 2.25. The molecule has 1 aromatic carbocycles. The highest BCUT2D eigenvalue weighted by molar-refractivity contribution is 5.80. The average Bonchev–Trinajstić information content (AvgIpc) is 2.92. The molecule has 1 nitrogen and oxygen atoms in total. The van der Waals surface area contributed by atoms with Gasteiger partial charge in [0.1, 0.15) is 0 Å². The van der Waals surface area contributed by atoms with Crippen LogP contribution in [0.1, 0.15) is 69.9 Å². The number of hydrogen-bond donors (Lipinski definition) is 1. The van der Waals surface area contributed by atoms with E-state index in [0.717, 1.165) is 11.8 Å². The van der Waals surface area contributed by atoms with Gasteiger partial charge in [-0.05, 0) is 42.7 Å². The Morgan fingerprint density at radius 2 is 1.95 bits per heavy atom. The van der Waals surface area contributed by atoms with Gasteiger partial charge in [0.05, 0.1) is 0 Å². The lowest BCUT2D eigenvalue weighted by Gasteiger charge is -2.30. The van der Waals surface area contributed by atoms with Crippen LogP contribution in [-0.2, 0) is 0 Å². The molecule has 1 atom stereocenters. The molecule has 0 saturated heterocycles. The van der Waals surface area contributed by atoms with Crippen LogP contribution in [-0.4, -0.2) is 4.98 Å². The van der Waals surface area contributed by atoms with Crippen LogP contribution in [0.3, 0.4) is 0 Å². The molecule has 0 spiro atoms. The normalized spacial score (nSPS) is 18.4. The van der Waals surface area contributed by atoms with E-state index in [1.807, 2.05) is 0 Å². The molecule has 20 heavy (non-hydrogen) atoms. The third-order valence-electron chi connectivity index (χ3n) is 5.04. The molecular formula is C19H27N. The van der Waals surface area contributed by atoms with Gasteiger partial charge in [-0.1, -0.05) is 57.2 Å². The predicted molar refractivity (Wildman–Crippen MR) is 87.1 cm³/mol. The molecule has 1 heteroatoms. The van der Waals surface area contributed by atoms with E-state index in [0.29, 0.717) is 0 Å². The van der Waals surface area contributed by atoms with Crippen LogP contribution in [0, 0.1) is 5.92 Å². The Balaban J connectivity index is 1.86. The van der Waals surface area contributed by atoms with Gasteiger partial charge >= 0.3 is 0 Å². The number of aromatic amines is 1. The second kappa shape index (κ2) is 6.47. The molecule has 1 aliphatic rings. The number of para-hydroxylation sites is 1. The van der Waals surface area contributed by atoms with Gasteiger partial charge in [0.25, 0.3) is 0 Å². The molecule has 0 radical (unpaired) electrons. The van der Waals surface area contributed by atoms with Gasteiger partial charge in [0.2, 0.25) is 0 Å². The van der Waals surface area contributed by atoms with Gasteiger partial charge in [-0.2, -0.15) is 0 Å². The molecule has 1 heterocycles. The highest BCUT2D eigenvalue weighted by atomic mass is 14.7. The zero-order valence-electron chi connectivity index (χ0n) is 12.7. The van der Waals surface area contributed by atoms with Gasteiger partial charge in [0.15, 0.2) is 0 Å². The van der Waals surface area contributed by atoms with Crippen LogP contribution in [0.2, 0.25) is 0 Å². The minimum atomic E-state index is 0.752. The van der Waals surface area contributed by atoms with Crippen molar-refractivity contribution >= 4 is 10.9 Å². The number of benzene rings is 1. The first-order chi connectivity index (χ1) is 9.88.